The Morgan fingerprint density at radius 3 is 2.86 bits per heavy atom. The van der Waals surface area contributed by atoms with Gasteiger partial charge in [-0.1, -0.05) is 11.6 Å². The van der Waals surface area contributed by atoms with Crippen molar-refractivity contribution in [1.82, 2.24) is 0 Å². The Hall–Kier alpha value is -2.27. The summed E-state index contributed by atoms with van der Waals surface area (Å²) in [5, 5.41) is 9.63. The summed E-state index contributed by atoms with van der Waals surface area (Å²) in [6.07, 6.45) is 2.23. The summed E-state index contributed by atoms with van der Waals surface area (Å²) in [4.78, 5) is 11.0. The first-order valence-corrected chi connectivity index (χ1v) is 9.77. The van der Waals surface area contributed by atoms with Crippen LogP contribution in [0.25, 0.3) is 0 Å². The number of hydrogen-bond donors (Lipinski definition) is 1. The van der Waals surface area contributed by atoms with Crippen molar-refractivity contribution in [3.8, 4) is 11.5 Å². The van der Waals surface area contributed by atoms with Crippen LogP contribution in [0.15, 0.2) is 24.3 Å². The molecule has 2 aromatic carbocycles. The lowest BCUT2D eigenvalue weighted by atomic mass is 9.98. The zero-order valence-corrected chi connectivity index (χ0v) is 16.6. The van der Waals surface area contributed by atoms with E-state index in [0.29, 0.717) is 5.02 Å². The third-order valence-corrected chi connectivity index (χ3v) is 5.62. The van der Waals surface area contributed by atoms with Gasteiger partial charge < -0.3 is 14.6 Å². The predicted molar refractivity (Wildman–Crippen MR) is 104 cm³/mol. The normalized spacial score (nSPS) is 19.1. The molecular weight excluding hydrogens is 383 g/mol. The van der Waals surface area contributed by atoms with Crippen molar-refractivity contribution in [2.45, 2.75) is 57.7 Å². The van der Waals surface area contributed by atoms with Crippen LogP contribution in [0.3, 0.4) is 0 Å². The predicted octanol–water partition coefficient (Wildman–Crippen LogP) is 5.28. The second-order valence-corrected chi connectivity index (χ2v) is 8.63. The quantitative estimate of drug-likeness (QED) is 0.737. The molecule has 2 aromatic rings. The van der Waals surface area contributed by atoms with Gasteiger partial charge in [0, 0.05) is 17.0 Å². The van der Waals surface area contributed by atoms with Crippen molar-refractivity contribution < 1.29 is 23.8 Å². The van der Waals surface area contributed by atoms with E-state index in [1.165, 1.54) is 6.07 Å². The number of rotatable bonds is 5. The van der Waals surface area contributed by atoms with Crippen LogP contribution in [0.1, 0.15) is 54.9 Å². The molecule has 0 saturated carbocycles. The summed E-state index contributed by atoms with van der Waals surface area (Å²) < 4.78 is 26.4. The molecule has 2 aliphatic rings. The maximum absolute atomic E-state index is 14.6. The molecule has 0 spiro atoms. The minimum absolute atomic E-state index is 0.0222. The fourth-order valence-corrected chi connectivity index (χ4v) is 4.50. The van der Waals surface area contributed by atoms with Gasteiger partial charge in [0.15, 0.2) is 11.6 Å². The Kier molecular flexibility index (Phi) is 4.74. The van der Waals surface area contributed by atoms with Crippen molar-refractivity contribution in [1.29, 1.82) is 0 Å². The number of carboxylic acid groups (broad SMARTS) is 1. The zero-order chi connectivity index (χ0) is 20.1. The summed E-state index contributed by atoms with van der Waals surface area (Å²) in [5.41, 5.74) is 3.25. The van der Waals surface area contributed by atoms with Gasteiger partial charge in [0.25, 0.3) is 0 Å². The first kappa shape index (κ1) is 19.1. The van der Waals surface area contributed by atoms with E-state index in [9.17, 15) is 9.18 Å². The molecule has 28 heavy (non-hydrogen) atoms. The van der Waals surface area contributed by atoms with E-state index >= 15 is 0 Å². The molecule has 0 amide bonds. The molecule has 0 bridgehead atoms. The Labute approximate surface area is 168 Å². The van der Waals surface area contributed by atoms with Gasteiger partial charge >= 0.3 is 5.97 Å². The third-order valence-electron chi connectivity index (χ3n) is 5.40. The maximum Gasteiger partial charge on any atom is 0.303 e. The summed E-state index contributed by atoms with van der Waals surface area (Å²) in [6.45, 7) is 4.17. The molecule has 0 aromatic heterocycles. The van der Waals surface area contributed by atoms with Crippen LogP contribution in [-0.2, 0) is 24.2 Å². The topological polar surface area (TPSA) is 55.8 Å². The molecule has 6 heteroatoms. The smallest absolute Gasteiger partial charge is 0.303 e. The van der Waals surface area contributed by atoms with Crippen molar-refractivity contribution in [3.63, 3.8) is 0 Å². The molecule has 1 heterocycles. The first-order chi connectivity index (χ1) is 13.2. The monoisotopic (exact) mass is 404 g/mol. The summed E-state index contributed by atoms with van der Waals surface area (Å²) in [7, 11) is 0. The largest absolute Gasteiger partial charge is 0.487 e. The molecule has 0 radical (unpaired) electrons. The highest BCUT2D eigenvalue weighted by Gasteiger charge is 2.32. The van der Waals surface area contributed by atoms with Crippen LogP contribution in [0.4, 0.5) is 4.39 Å². The lowest BCUT2D eigenvalue weighted by molar-refractivity contribution is -0.137. The van der Waals surface area contributed by atoms with E-state index < -0.39 is 11.8 Å². The number of carboxylic acids is 1. The highest BCUT2D eigenvalue weighted by atomic mass is 35.5. The Morgan fingerprint density at radius 2 is 2.11 bits per heavy atom. The second-order valence-electron chi connectivity index (χ2n) is 8.20. The van der Waals surface area contributed by atoms with E-state index in [1.54, 1.807) is 12.1 Å². The number of carbonyl (C=O) groups is 1. The van der Waals surface area contributed by atoms with Gasteiger partial charge in [-0.2, -0.15) is 0 Å². The van der Waals surface area contributed by atoms with Crippen LogP contribution < -0.4 is 9.47 Å². The van der Waals surface area contributed by atoms with Crippen molar-refractivity contribution in [3.05, 3.63) is 57.4 Å². The molecule has 4 nitrogen and oxygen atoms in total. The minimum atomic E-state index is -0.865. The lowest BCUT2D eigenvalue weighted by Crippen LogP contribution is -2.25. The molecule has 1 unspecified atom stereocenters. The summed E-state index contributed by atoms with van der Waals surface area (Å²) in [6, 6.07) is 6.80. The van der Waals surface area contributed by atoms with Crippen molar-refractivity contribution in [2.24, 2.45) is 0 Å². The molecule has 1 atom stereocenters. The molecule has 0 fully saturated rings. The Balaban J connectivity index is 1.55. The molecular formula is C22H22ClFO4. The molecule has 1 aliphatic heterocycles. The first-order valence-electron chi connectivity index (χ1n) is 9.39. The van der Waals surface area contributed by atoms with E-state index in [0.717, 1.165) is 47.3 Å². The number of benzene rings is 2. The van der Waals surface area contributed by atoms with Crippen LogP contribution in [0.5, 0.6) is 11.5 Å². The number of aryl methyl sites for hydroxylation is 1. The van der Waals surface area contributed by atoms with Gasteiger partial charge in [-0.15, -0.1) is 0 Å². The van der Waals surface area contributed by atoms with Gasteiger partial charge in [0.1, 0.15) is 18.0 Å². The third kappa shape index (κ3) is 3.68. The number of aliphatic carboxylic acids is 1. The highest BCUT2D eigenvalue weighted by Crippen LogP contribution is 2.41. The van der Waals surface area contributed by atoms with Gasteiger partial charge in [-0.05, 0) is 73.6 Å². The average Bonchev–Trinajstić information content (AvgIpc) is 3.11. The fraction of sp³-hybridized carbons (Fsp3) is 0.409. The average molecular weight is 405 g/mol. The van der Waals surface area contributed by atoms with E-state index in [2.05, 4.69) is 0 Å². The summed E-state index contributed by atoms with van der Waals surface area (Å²) in [5.74, 6) is -0.548. The fourth-order valence-electron chi connectivity index (χ4n) is 4.23. The molecule has 1 N–H and O–H groups in total. The van der Waals surface area contributed by atoms with Crippen LogP contribution in [0, 0.1) is 5.82 Å². The van der Waals surface area contributed by atoms with Gasteiger partial charge in [-0.3, -0.25) is 4.79 Å². The lowest BCUT2D eigenvalue weighted by Gasteiger charge is -2.18. The van der Waals surface area contributed by atoms with Crippen LogP contribution >= 0.6 is 11.6 Å². The highest BCUT2D eigenvalue weighted by molar-refractivity contribution is 6.30. The zero-order valence-electron chi connectivity index (χ0n) is 15.9. The van der Waals surface area contributed by atoms with Gasteiger partial charge in [0.05, 0.1) is 6.42 Å². The molecule has 148 valence electrons. The molecule has 0 saturated heterocycles. The van der Waals surface area contributed by atoms with E-state index in [4.69, 9.17) is 26.2 Å². The van der Waals surface area contributed by atoms with E-state index in [-0.39, 0.29) is 30.3 Å². The second kappa shape index (κ2) is 6.96. The van der Waals surface area contributed by atoms with Gasteiger partial charge in [0.2, 0.25) is 0 Å². The SMILES string of the molecule is CC1(C)Cc2cc(Cl)cc(COc3cc4c(cc3F)C(CC(=O)O)CC4)c2O1. The molecule has 4 rings (SSSR count). The Morgan fingerprint density at radius 1 is 1.32 bits per heavy atom. The van der Waals surface area contributed by atoms with E-state index in [1.807, 2.05) is 19.9 Å². The number of halogens is 2. The van der Waals surface area contributed by atoms with Crippen LogP contribution in [0.2, 0.25) is 5.02 Å². The van der Waals surface area contributed by atoms with Crippen LogP contribution in [-0.4, -0.2) is 16.7 Å². The van der Waals surface area contributed by atoms with Crippen molar-refractivity contribution in [2.75, 3.05) is 0 Å². The molecule has 1 aliphatic carbocycles. The van der Waals surface area contributed by atoms with Crippen molar-refractivity contribution >= 4 is 17.6 Å². The Bertz CT molecular complexity index is 954. The summed E-state index contributed by atoms with van der Waals surface area (Å²) >= 11 is 6.24. The number of ether oxygens (including phenoxy) is 2. The number of hydrogen-bond acceptors (Lipinski definition) is 3. The van der Waals surface area contributed by atoms with Gasteiger partial charge in [-0.25, -0.2) is 4.39 Å². The minimum Gasteiger partial charge on any atom is -0.487 e. The maximum atomic E-state index is 14.6. The number of fused-ring (bicyclic) bond motifs is 2. The standard InChI is InChI=1S/C22H22ClFO4/c1-22(2)10-14-5-16(23)6-15(21(14)28-22)11-27-19-7-12-3-4-13(8-20(25)26)17(12)9-18(19)24/h5-7,9,13H,3-4,8,10-11H2,1-2H3,(H,25,26).